The molecule has 22 heavy (non-hydrogen) atoms. The van der Waals surface area contributed by atoms with Crippen LogP contribution in [0.4, 0.5) is 0 Å². The van der Waals surface area contributed by atoms with Gasteiger partial charge in [-0.1, -0.05) is 17.7 Å². The Hall–Kier alpha value is -1.89. The lowest BCUT2D eigenvalue weighted by Gasteiger charge is -2.13. The molecular weight excluding hydrogens is 320 g/mol. The summed E-state index contributed by atoms with van der Waals surface area (Å²) in [6, 6.07) is 7.65. The second kappa shape index (κ2) is 6.08. The lowest BCUT2D eigenvalue weighted by molar-refractivity contribution is 0.750. The molecule has 3 aromatic rings. The van der Waals surface area contributed by atoms with E-state index in [4.69, 9.17) is 23.8 Å². The monoisotopic (exact) mass is 334 g/mol. The zero-order valence-corrected chi connectivity index (χ0v) is 13.5. The Kier molecular flexibility index (Phi) is 4.15. The fourth-order valence-corrected chi connectivity index (χ4v) is 2.99. The van der Waals surface area contributed by atoms with E-state index in [1.54, 1.807) is 6.20 Å². The first kappa shape index (κ1) is 15.0. The number of benzene rings is 1. The van der Waals surface area contributed by atoms with Gasteiger partial charge in [-0.2, -0.15) is 0 Å². The van der Waals surface area contributed by atoms with Crippen LogP contribution in [0.1, 0.15) is 11.1 Å². The van der Waals surface area contributed by atoms with Crippen molar-refractivity contribution >= 4 is 34.9 Å². The fraction of sp³-hybridized carbons (Fsp3) is 0.200. The smallest absolute Gasteiger partial charge is 0.276 e. The lowest BCUT2D eigenvalue weighted by Crippen LogP contribution is -2.16. The van der Waals surface area contributed by atoms with Gasteiger partial charge < -0.3 is 14.9 Å². The van der Waals surface area contributed by atoms with Crippen LogP contribution < -0.4 is 10.9 Å². The van der Waals surface area contributed by atoms with Gasteiger partial charge in [0.1, 0.15) is 5.52 Å². The molecule has 3 N–H and O–H groups in total. The summed E-state index contributed by atoms with van der Waals surface area (Å²) < 4.78 is 2.29. The van der Waals surface area contributed by atoms with Crippen molar-refractivity contribution in [3.05, 3.63) is 61.7 Å². The third-order valence-corrected chi connectivity index (χ3v) is 4.13. The molecule has 0 unspecified atom stereocenters. The third kappa shape index (κ3) is 2.72. The molecule has 0 aliphatic carbocycles. The van der Waals surface area contributed by atoms with Crippen molar-refractivity contribution in [3.63, 3.8) is 0 Å². The number of aromatic nitrogens is 3. The van der Waals surface area contributed by atoms with Gasteiger partial charge in [0.2, 0.25) is 0 Å². The normalized spacial score (nSPS) is 11.2. The van der Waals surface area contributed by atoms with Gasteiger partial charge in [-0.15, -0.1) is 0 Å². The average Bonchev–Trinajstić information content (AvgIpc) is 2.96. The number of hydrogen-bond donors (Lipinski definition) is 3. The molecule has 2 aromatic heterocycles. The Morgan fingerprint density at radius 2 is 2.14 bits per heavy atom. The molecule has 0 bridgehead atoms. The summed E-state index contributed by atoms with van der Waals surface area (Å²) in [4.78, 5) is 17.5. The van der Waals surface area contributed by atoms with Crippen LogP contribution in [0.25, 0.3) is 11.0 Å². The SMILES string of the molecule is CNCc1ccc(Cl)cc1Cn1c(=S)[nH]c(=O)c2[nH]ccc21. The Bertz CT molecular complexity index is 941. The Balaban J connectivity index is 2.15. The number of fused-ring (bicyclic) bond motifs is 1. The number of nitrogens with zero attached hydrogens (tertiary/aromatic N) is 1. The van der Waals surface area contributed by atoms with E-state index in [0.717, 1.165) is 23.2 Å². The quantitative estimate of drug-likeness (QED) is 0.643. The number of rotatable bonds is 4. The van der Waals surface area contributed by atoms with Crippen molar-refractivity contribution in [2.24, 2.45) is 0 Å². The van der Waals surface area contributed by atoms with E-state index in [2.05, 4.69) is 15.3 Å². The highest BCUT2D eigenvalue weighted by atomic mass is 35.5. The standard InChI is InChI=1S/C15H15ClN4OS/c1-17-7-9-2-3-11(16)6-10(9)8-20-12-4-5-18-13(12)14(21)19-15(20)22/h2-6,17-18H,7-8H2,1H3,(H,19,21,22). The maximum atomic E-state index is 11.9. The summed E-state index contributed by atoms with van der Waals surface area (Å²) in [6.45, 7) is 1.28. The van der Waals surface area contributed by atoms with E-state index >= 15 is 0 Å². The predicted octanol–water partition coefficient (Wildman–Crippen LogP) is 2.81. The maximum Gasteiger partial charge on any atom is 0.276 e. The van der Waals surface area contributed by atoms with Crippen molar-refractivity contribution in [2.45, 2.75) is 13.1 Å². The van der Waals surface area contributed by atoms with E-state index in [1.807, 2.05) is 35.9 Å². The van der Waals surface area contributed by atoms with Crippen LogP contribution in [0.5, 0.6) is 0 Å². The number of hydrogen-bond acceptors (Lipinski definition) is 3. The molecule has 0 saturated carbocycles. The van der Waals surface area contributed by atoms with Crippen molar-refractivity contribution in [1.29, 1.82) is 0 Å². The maximum absolute atomic E-state index is 11.9. The number of nitrogens with one attached hydrogen (secondary N) is 3. The number of aromatic amines is 2. The highest BCUT2D eigenvalue weighted by Gasteiger charge is 2.09. The zero-order valence-electron chi connectivity index (χ0n) is 11.9. The van der Waals surface area contributed by atoms with Crippen LogP contribution >= 0.6 is 23.8 Å². The highest BCUT2D eigenvalue weighted by Crippen LogP contribution is 2.19. The minimum atomic E-state index is -0.206. The van der Waals surface area contributed by atoms with Gasteiger partial charge in [-0.3, -0.25) is 9.78 Å². The minimum Gasteiger partial charge on any atom is -0.355 e. The van der Waals surface area contributed by atoms with Crippen molar-refractivity contribution in [3.8, 4) is 0 Å². The van der Waals surface area contributed by atoms with Gasteiger partial charge in [0.15, 0.2) is 4.77 Å². The van der Waals surface area contributed by atoms with Crippen LogP contribution in [-0.4, -0.2) is 21.6 Å². The topological polar surface area (TPSA) is 65.6 Å². The van der Waals surface area contributed by atoms with Crippen LogP contribution in [0, 0.1) is 4.77 Å². The first-order chi connectivity index (χ1) is 10.6. The molecule has 0 saturated heterocycles. The second-order valence-corrected chi connectivity index (χ2v) is 5.85. The van der Waals surface area contributed by atoms with Crippen LogP contribution in [0.2, 0.25) is 5.02 Å². The molecule has 0 aliphatic rings. The van der Waals surface area contributed by atoms with E-state index in [-0.39, 0.29) is 5.56 Å². The molecule has 1 aromatic carbocycles. The first-order valence-corrected chi connectivity index (χ1v) is 7.61. The number of halogens is 1. The largest absolute Gasteiger partial charge is 0.355 e. The molecule has 114 valence electrons. The Labute approximate surface area is 136 Å². The summed E-state index contributed by atoms with van der Waals surface area (Å²) in [5.74, 6) is 0. The summed E-state index contributed by atoms with van der Waals surface area (Å²) in [6.07, 6.45) is 1.73. The summed E-state index contributed by atoms with van der Waals surface area (Å²) in [5, 5.41) is 3.82. The van der Waals surface area contributed by atoms with E-state index < -0.39 is 0 Å². The van der Waals surface area contributed by atoms with Crippen molar-refractivity contribution < 1.29 is 0 Å². The molecule has 7 heteroatoms. The minimum absolute atomic E-state index is 0.206. The molecule has 0 fully saturated rings. The van der Waals surface area contributed by atoms with Gasteiger partial charge in [0, 0.05) is 17.8 Å². The summed E-state index contributed by atoms with van der Waals surface area (Å²) >= 11 is 11.4. The van der Waals surface area contributed by atoms with E-state index in [0.29, 0.717) is 21.9 Å². The second-order valence-electron chi connectivity index (χ2n) is 5.03. The van der Waals surface area contributed by atoms with Crippen LogP contribution in [0.3, 0.4) is 0 Å². The van der Waals surface area contributed by atoms with Gasteiger partial charge in [-0.25, -0.2) is 0 Å². The van der Waals surface area contributed by atoms with Gasteiger partial charge in [-0.05, 0) is 48.6 Å². The Morgan fingerprint density at radius 3 is 2.91 bits per heavy atom. The molecule has 0 atom stereocenters. The van der Waals surface area contributed by atoms with Crippen molar-refractivity contribution in [2.75, 3.05) is 7.05 Å². The van der Waals surface area contributed by atoms with E-state index in [1.165, 1.54) is 0 Å². The lowest BCUT2D eigenvalue weighted by atomic mass is 10.1. The zero-order chi connectivity index (χ0) is 15.7. The van der Waals surface area contributed by atoms with E-state index in [9.17, 15) is 4.79 Å². The third-order valence-electron chi connectivity index (χ3n) is 3.57. The molecule has 0 radical (unpaired) electrons. The van der Waals surface area contributed by atoms with Crippen molar-refractivity contribution in [1.82, 2.24) is 19.9 Å². The summed E-state index contributed by atoms with van der Waals surface area (Å²) in [7, 11) is 1.90. The summed E-state index contributed by atoms with van der Waals surface area (Å²) in [5.41, 5.74) is 3.30. The molecular formula is C15H15ClN4OS. The van der Waals surface area contributed by atoms with Gasteiger partial charge in [0.25, 0.3) is 5.56 Å². The predicted molar refractivity (Wildman–Crippen MR) is 91.1 cm³/mol. The van der Waals surface area contributed by atoms with Crippen LogP contribution in [-0.2, 0) is 13.1 Å². The molecule has 0 amide bonds. The number of H-pyrrole nitrogens is 2. The van der Waals surface area contributed by atoms with Gasteiger partial charge >= 0.3 is 0 Å². The average molecular weight is 335 g/mol. The first-order valence-electron chi connectivity index (χ1n) is 6.82. The molecule has 0 aliphatic heterocycles. The highest BCUT2D eigenvalue weighted by molar-refractivity contribution is 7.71. The van der Waals surface area contributed by atoms with Crippen LogP contribution in [0.15, 0.2) is 35.3 Å². The molecule has 0 spiro atoms. The molecule has 2 heterocycles. The van der Waals surface area contributed by atoms with Gasteiger partial charge in [0.05, 0.1) is 12.1 Å². The fourth-order valence-electron chi connectivity index (χ4n) is 2.54. The Morgan fingerprint density at radius 1 is 1.32 bits per heavy atom. The molecule has 3 rings (SSSR count). The molecule has 5 nitrogen and oxygen atoms in total.